The molecule has 1 aromatic rings. The first-order chi connectivity index (χ1) is 8.17. The number of nitrogens with two attached hydrogens (primary N) is 1. The lowest BCUT2D eigenvalue weighted by Gasteiger charge is -2.17. The minimum Gasteiger partial charge on any atom is -0.335 e. The number of nitrogens with zero attached hydrogens (tertiary/aromatic N) is 2. The fourth-order valence-corrected chi connectivity index (χ4v) is 2.50. The van der Waals surface area contributed by atoms with Crippen molar-refractivity contribution < 1.29 is 0 Å². The Bertz CT molecular complexity index is 311. The van der Waals surface area contributed by atoms with E-state index < -0.39 is 0 Å². The van der Waals surface area contributed by atoms with Gasteiger partial charge in [-0.3, -0.25) is 11.3 Å². The number of hydrogen-bond donors (Lipinski definition) is 2. The van der Waals surface area contributed by atoms with Crippen LogP contribution in [0.5, 0.6) is 0 Å². The molecule has 17 heavy (non-hydrogen) atoms. The topological polar surface area (TPSA) is 55.9 Å². The fraction of sp³-hybridized carbons (Fsp3) is 0.750. The first kappa shape index (κ1) is 14.5. The molecule has 0 bridgehead atoms. The lowest BCUT2D eigenvalue weighted by molar-refractivity contribution is 0.535. The molecule has 0 aromatic carbocycles. The van der Waals surface area contributed by atoms with E-state index in [1.165, 1.54) is 0 Å². The van der Waals surface area contributed by atoms with Gasteiger partial charge in [-0.25, -0.2) is 4.98 Å². The summed E-state index contributed by atoms with van der Waals surface area (Å²) in [7, 11) is 0. The molecule has 0 amide bonds. The monoisotopic (exact) mass is 256 g/mol. The van der Waals surface area contributed by atoms with Gasteiger partial charge in [0.1, 0.15) is 5.82 Å². The molecule has 0 aliphatic carbocycles. The molecular formula is C12H24N4S. The summed E-state index contributed by atoms with van der Waals surface area (Å²) in [6, 6.07) is 0.292. The fourth-order valence-electron chi connectivity index (χ4n) is 1.67. The molecular weight excluding hydrogens is 232 g/mol. The summed E-state index contributed by atoms with van der Waals surface area (Å²) in [6.07, 6.45) is 5.93. The third kappa shape index (κ3) is 5.10. The average Bonchev–Trinajstić information content (AvgIpc) is 2.72. The predicted molar refractivity (Wildman–Crippen MR) is 74.9 cm³/mol. The maximum absolute atomic E-state index is 5.60. The number of hydrazine groups is 1. The number of rotatable bonds is 8. The van der Waals surface area contributed by atoms with E-state index in [4.69, 9.17) is 5.84 Å². The highest BCUT2D eigenvalue weighted by Gasteiger charge is 2.12. The third-order valence-electron chi connectivity index (χ3n) is 2.56. The lowest BCUT2D eigenvalue weighted by Crippen LogP contribution is -2.39. The van der Waals surface area contributed by atoms with Crippen LogP contribution in [-0.4, -0.2) is 26.6 Å². The van der Waals surface area contributed by atoms with Crippen molar-refractivity contribution in [2.75, 3.05) is 5.75 Å². The third-order valence-corrected chi connectivity index (χ3v) is 3.82. The van der Waals surface area contributed by atoms with Crippen molar-refractivity contribution in [1.29, 1.82) is 0 Å². The van der Waals surface area contributed by atoms with Crippen molar-refractivity contribution >= 4 is 11.8 Å². The molecule has 0 spiro atoms. The molecule has 98 valence electrons. The van der Waals surface area contributed by atoms with Crippen LogP contribution in [0.4, 0.5) is 0 Å². The van der Waals surface area contributed by atoms with Crippen LogP contribution in [0.15, 0.2) is 12.4 Å². The first-order valence-corrected chi connectivity index (χ1v) is 7.30. The second kappa shape index (κ2) is 7.74. The minimum atomic E-state index is 0.292. The van der Waals surface area contributed by atoms with E-state index in [0.29, 0.717) is 11.3 Å². The zero-order chi connectivity index (χ0) is 12.7. The second-order valence-corrected chi connectivity index (χ2v) is 6.10. The molecule has 0 saturated carbocycles. The molecule has 0 fully saturated rings. The Morgan fingerprint density at radius 1 is 1.53 bits per heavy atom. The van der Waals surface area contributed by atoms with Crippen molar-refractivity contribution in [2.45, 2.75) is 51.4 Å². The number of thioether (sulfide) groups is 1. The number of imidazole rings is 1. The highest BCUT2D eigenvalue weighted by atomic mass is 32.2. The van der Waals surface area contributed by atoms with Crippen LogP contribution in [0, 0.1) is 0 Å². The average molecular weight is 256 g/mol. The van der Waals surface area contributed by atoms with E-state index in [9.17, 15) is 0 Å². The molecule has 5 heteroatoms. The first-order valence-electron chi connectivity index (χ1n) is 6.25. The molecule has 0 radical (unpaired) electrons. The van der Waals surface area contributed by atoms with Gasteiger partial charge in [0, 0.05) is 37.2 Å². The van der Waals surface area contributed by atoms with Gasteiger partial charge in [-0.05, 0) is 11.7 Å². The highest BCUT2D eigenvalue weighted by molar-refractivity contribution is 7.99. The van der Waals surface area contributed by atoms with E-state index >= 15 is 0 Å². The van der Waals surface area contributed by atoms with Gasteiger partial charge in [0.15, 0.2) is 0 Å². The number of hydrogen-bond acceptors (Lipinski definition) is 4. The van der Waals surface area contributed by atoms with Gasteiger partial charge in [-0.1, -0.05) is 20.8 Å². The molecule has 4 nitrogen and oxygen atoms in total. The van der Waals surface area contributed by atoms with Gasteiger partial charge in [0.2, 0.25) is 0 Å². The molecule has 1 unspecified atom stereocenters. The molecule has 1 aromatic heterocycles. The van der Waals surface area contributed by atoms with Crippen molar-refractivity contribution in [2.24, 2.45) is 5.84 Å². The van der Waals surface area contributed by atoms with Gasteiger partial charge in [0.25, 0.3) is 0 Å². The van der Waals surface area contributed by atoms with Gasteiger partial charge >= 0.3 is 0 Å². The van der Waals surface area contributed by atoms with Gasteiger partial charge in [0.05, 0.1) is 0 Å². The maximum atomic E-state index is 5.60. The van der Waals surface area contributed by atoms with Gasteiger partial charge < -0.3 is 4.57 Å². The summed E-state index contributed by atoms with van der Waals surface area (Å²) in [5, 5.41) is 0.640. The van der Waals surface area contributed by atoms with E-state index in [0.717, 1.165) is 31.0 Å². The Balaban J connectivity index is 2.51. The van der Waals surface area contributed by atoms with E-state index in [-0.39, 0.29) is 0 Å². The van der Waals surface area contributed by atoms with Crippen LogP contribution in [0.25, 0.3) is 0 Å². The Morgan fingerprint density at radius 2 is 2.29 bits per heavy atom. The summed E-state index contributed by atoms with van der Waals surface area (Å²) in [5.74, 6) is 7.74. The number of aromatic nitrogens is 2. The molecule has 0 aliphatic heterocycles. The zero-order valence-corrected chi connectivity index (χ0v) is 11.8. The van der Waals surface area contributed by atoms with Gasteiger partial charge in [-0.15, -0.1) is 0 Å². The second-order valence-electron chi connectivity index (χ2n) is 4.49. The van der Waals surface area contributed by atoms with Crippen LogP contribution in [-0.2, 0) is 13.0 Å². The van der Waals surface area contributed by atoms with Crippen LogP contribution in [0.2, 0.25) is 0 Å². The van der Waals surface area contributed by atoms with Gasteiger partial charge in [-0.2, -0.15) is 11.8 Å². The van der Waals surface area contributed by atoms with Crippen molar-refractivity contribution in [3.8, 4) is 0 Å². The predicted octanol–water partition coefficient (Wildman–Crippen LogP) is 1.81. The zero-order valence-electron chi connectivity index (χ0n) is 11.0. The van der Waals surface area contributed by atoms with E-state index in [1.807, 2.05) is 24.2 Å². The van der Waals surface area contributed by atoms with Crippen LogP contribution in [0.1, 0.15) is 33.0 Å². The van der Waals surface area contributed by atoms with Crippen molar-refractivity contribution in [1.82, 2.24) is 15.0 Å². The van der Waals surface area contributed by atoms with Crippen LogP contribution in [0.3, 0.4) is 0 Å². The smallest absolute Gasteiger partial charge is 0.110 e. The van der Waals surface area contributed by atoms with E-state index in [1.54, 1.807) is 0 Å². The summed E-state index contributed by atoms with van der Waals surface area (Å²) in [5.41, 5.74) is 2.89. The van der Waals surface area contributed by atoms with Crippen LogP contribution < -0.4 is 11.3 Å². The number of aryl methyl sites for hydroxylation is 1. The highest BCUT2D eigenvalue weighted by Crippen LogP contribution is 2.13. The molecule has 0 saturated heterocycles. The Labute approximate surface area is 108 Å². The minimum absolute atomic E-state index is 0.292. The summed E-state index contributed by atoms with van der Waals surface area (Å²) in [4.78, 5) is 4.41. The molecule has 1 heterocycles. The van der Waals surface area contributed by atoms with Crippen molar-refractivity contribution in [3.63, 3.8) is 0 Å². The Kier molecular flexibility index (Phi) is 6.62. The summed E-state index contributed by atoms with van der Waals surface area (Å²) < 4.78 is 2.21. The van der Waals surface area contributed by atoms with Crippen LogP contribution >= 0.6 is 11.8 Å². The largest absolute Gasteiger partial charge is 0.335 e. The molecule has 1 rings (SSSR count). The molecule has 0 aliphatic rings. The SMILES string of the molecule is CCCn1ccnc1CC(CSC(C)C)NN. The standard InChI is InChI=1S/C12H24N4S/c1-4-6-16-7-5-14-12(16)8-11(15-13)9-17-10(2)3/h5,7,10-11,15H,4,6,8-9,13H2,1-3H3. The Hall–Kier alpha value is -0.520. The maximum Gasteiger partial charge on any atom is 0.110 e. The quantitative estimate of drug-likeness (QED) is 0.550. The Morgan fingerprint density at radius 3 is 2.88 bits per heavy atom. The van der Waals surface area contributed by atoms with E-state index in [2.05, 4.69) is 35.7 Å². The normalized spacial score (nSPS) is 13.2. The lowest BCUT2D eigenvalue weighted by atomic mass is 10.2. The van der Waals surface area contributed by atoms with Crippen molar-refractivity contribution in [3.05, 3.63) is 18.2 Å². The number of nitrogens with one attached hydrogen (secondary N) is 1. The summed E-state index contributed by atoms with van der Waals surface area (Å²) in [6.45, 7) is 7.62. The molecule has 1 atom stereocenters. The summed E-state index contributed by atoms with van der Waals surface area (Å²) >= 11 is 1.93. The molecule has 3 N–H and O–H groups in total.